The molecule has 0 aliphatic carbocycles. The van der Waals surface area contributed by atoms with E-state index in [1.807, 2.05) is 17.2 Å². The fourth-order valence-corrected chi connectivity index (χ4v) is 6.04. The molecule has 200 valence electrons. The number of anilines is 1. The van der Waals surface area contributed by atoms with Crippen molar-refractivity contribution in [2.24, 2.45) is 5.92 Å². The first kappa shape index (κ1) is 26.3. The van der Waals surface area contributed by atoms with Gasteiger partial charge in [-0.2, -0.15) is 0 Å². The zero-order chi connectivity index (χ0) is 26.1. The maximum absolute atomic E-state index is 14.4. The molecule has 1 N–H and O–H groups in total. The number of fused-ring (bicyclic) bond motifs is 1. The van der Waals surface area contributed by atoms with Crippen LogP contribution in [0.2, 0.25) is 5.02 Å². The van der Waals surface area contributed by atoms with Crippen molar-refractivity contribution in [3.63, 3.8) is 0 Å². The van der Waals surface area contributed by atoms with Gasteiger partial charge in [0, 0.05) is 55.9 Å². The second-order valence-electron chi connectivity index (χ2n) is 11.0. The Bertz CT molecular complexity index is 1130. The lowest BCUT2D eigenvalue weighted by molar-refractivity contribution is -0.141. The Morgan fingerprint density at radius 2 is 2.03 bits per heavy atom. The number of likely N-dealkylation sites (tertiary alicyclic amines) is 1. The first-order chi connectivity index (χ1) is 17.8. The van der Waals surface area contributed by atoms with Crippen molar-refractivity contribution in [1.29, 1.82) is 0 Å². The highest BCUT2D eigenvalue weighted by atomic mass is 35.5. The number of amides is 1. The third-order valence-electron chi connectivity index (χ3n) is 8.22. The highest BCUT2D eigenvalue weighted by molar-refractivity contribution is 6.30. The number of ether oxygens (including phenoxy) is 1. The Labute approximate surface area is 223 Å². The standard InChI is InChI=1S/C28H37ClFN5O2/c1-17(2)34-9-6-22(23(15-34)19-4-5-24(29)25(30)13-19)27(36)35-16-26-20(12-18(35)3)14-31-28(33-26)32-21-7-10-37-11-8-21/h4-5,13-14,17-18,21-23H,6-12,15-16H2,1-3H3,(H,31,32,33)/t18-,22+,23-/m1/s1. The molecular weight excluding hydrogens is 493 g/mol. The van der Waals surface area contributed by atoms with Crippen LogP contribution in [0.15, 0.2) is 24.4 Å². The molecular formula is C28H37ClFN5O2. The van der Waals surface area contributed by atoms with Crippen molar-refractivity contribution in [1.82, 2.24) is 19.8 Å². The molecule has 0 unspecified atom stereocenters. The van der Waals surface area contributed by atoms with Gasteiger partial charge in [-0.15, -0.1) is 0 Å². The monoisotopic (exact) mass is 529 g/mol. The predicted molar refractivity (Wildman–Crippen MR) is 142 cm³/mol. The minimum Gasteiger partial charge on any atom is -0.381 e. The van der Waals surface area contributed by atoms with Crippen molar-refractivity contribution in [3.8, 4) is 0 Å². The quantitative estimate of drug-likeness (QED) is 0.608. The predicted octanol–water partition coefficient (Wildman–Crippen LogP) is 4.65. The number of hydrogen-bond donors (Lipinski definition) is 1. The molecule has 0 saturated carbocycles. The molecule has 0 bridgehead atoms. The lowest BCUT2D eigenvalue weighted by Crippen LogP contribution is -2.51. The SMILES string of the molecule is CC(C)N1CC[C@H](C(=O)N2Cc3nc(NC4CCOCC4)ncc3C[C@H]2C)[C@@H](c2ccc(Cl)c(F)c2)C1. The smallest absolute Gasteiger partial charge is 0.227 e. The van der Waals surface area contributed by atoms with Gasteiger partial charge in [-0.1, -0.05) is 17.7 Å². The zero-order valence-corrected chi connectivity index (χ0v) is 22.7. The summed E-state index contributed by atoms with van der Waals surface area (Å²) >= 11 is 5.98. The van der Waals surface area contributed by atoms with Gasteiger partial charge in [-0.25, -0.2) is 14.4 Å². The normalized spacial score (nSPS) is 25.2. The summed E-state index contributed by atoms with van der Waals surface area (Å²) in [7, 11) is 0. The molecule has 3 aliphatic rings. The molecule has 1 aromatic heterocycles. The first-order valence-electron chi connectivity index (χ1n) is 13.5. The topological polar surface area (TPSA) is 70.6 Å². The van der Waals surface area contributed by atoms with Crippen molar-refractivity contribution < 1.29 is 13.9 Å². The number of hydrogen-bond acceptors (Lipinski definition) is 6. The van der Waals surface area contributed by atoms with Gasteiger partial charge in [0.25, 0.3) is 0 Å². The molecule has 5 rings (SSSR count). The third-order valence-corrected chi connectivity index (χ3v) is 8.53. The summed E-state index contributed by atoms with van der Waals surface area (Å²) < 4.78 is 19.9. The van der Waals surface area contributed by atoms with Crippen LogP contribution < -0.4 is 5.32 Å². The zero-order valence-electron chi connectivity index (χ0n) is 21.9. The first-order valence-corrected chi connectivity index (χ1v) is 13.9. The molecule has 0 spiro atoms. The fourth-order valence-electron chi connectivity index (χ4n) is 5.92. The van der Waals surface area contributed by atoms with Gasteiger partial charge in [0.1, 0.15) is 5.82 Å². The maximum atomic E-state index is 14.4. The van der Waals surface area contributed by atoms with Crippen LogP contribution in [0.3, 0.4) is 0 Å². The summed E-state index contributed by atoms with van der Waals surface area (Å²) in [4.78, 5) is 27.8. The summed E-state index contributed by atoms with van der Waals surface area (Å²) in [6.45, 7) is 9.94. The molecule has 2 saturated heterocycles. The van der Waals surface area contributed by atoms with Crippen LogP contribution in [0, 0.1) is 11.7 Å². The molecule has 2 aromatic rings. The van der Waals surface area contributed by atoms with Crippen LogP contribution >= 0.6 is 11.6 Å². The number of nitrogens with one attached hydrogen (secondary N) is 1. The van der Waals surface area contributed by atoms with E-state index in [-0.39, 0.29) is 28.8 Å². The molecule has 2 fully saturated rings. The van der Waals surface area contributed by atoms with Crippen molar-refractivity contribution in [2.45, 2.75) is 77.0 Å². The van der Waals surface area contributed by atoms with Gasteiger partial charge in [-0.3, -0.25) is 4.79 Å². The Balaban J connectivity index is 1.37. The number of carbonyl (C=O) groups excluding carboxylic acids is 1. The van der Waals surface area contributed by atoms with E-state index in [0.29, 0.717) is 24.6 Å². The second-order valence-corrected chi connectivity index (χ2v) is 11.4. The van der Waals surface area contributed by atoms with Gasteiger partial charge in [0.05, 0.1) is 17.3 Å². The molecule has 1 amide bonds. The third kappa shape index (κ3) is 5.76. The minimum absolute atomic E-state index is 0.0450. The van der Waals surface area contributed by atoms with E-state index in [0.717, 1.165) is 68.8 Å². The van der Waals surface area contributed by atoms with Crippen LogP contribution in [0.4, 0.5) is 10.3 Å². The maximum Gasteiger partial charge on any atom is 0.227 e. The van der Waals surface area contributed by atoms with E-state index in [2.05, 4.69) is 36.0 Å². The molecule has 4 heterocycles. The number of aromatic nitrogens is 2. The summed E-state index contributed by atoms with van der Waals surface area (Å²) in [5, 5.41) is 3.55. The largest absolute Gasteiger partial charge is 0.381 e. The van der Waals surface area contributed by atoms with E-state index < -0.39 is 5.82 Å². The van der Waals surface area contributed by atoms with Crippen molar-refractivity contribution in [3.05, 3.63) is 52.1 Å². The number of benzene rings is 1. The summed E-state index contributed by atoms with van der Waals surface area (Å²) in [5.41, 5.74) is 2.84. The minimum atomic E-state index is -0.437. The molecule has 3 aliphatic heterocycles. The van der Waals surface area contributed by atoms with Gasteiger partial charge in [0.2, 0.25) is 11.9 Å². The molecule has 7 nitrogen and oxygen atoms in total. The number of nitrogens with zero attached hydrogens (tertiary/aromatic N) is 4. The van der Waals surface area contributed by atoms with E-state index in [9.17, 15) is 9.18 Å². The molecule has 0 radical (unpaired) electrons. The number of piperidine rings is 1. The number of rotatable bonds is 5. The summed E-state index contributed by atoms with van der Waals surface area (Å²) in [6.07, 6.45) is 5.24. The molecule has 37 heavy (non-hydrogen) atoms. The average molecular weight is 530 g/mol. The number of carbonyl (C=O) groups is 1. The van der Waals surface area contributed by atoms with Crippen LogP contribution in [0.25, 0.3) is 0 Å². The van der Waals surface area contributed by atoms with Crippen LogP contribution in [0.1, 0.15) is 62.8 Å². The molecule has 9 heteroatoms. The second kappa shape index (κ2) is 11.2. The summed E-state index contributed by atoms with van der Waals surface area (Å²) in [5.74, 6) is -0.0122. The highest BCUT2D eigenvalue weighted by Crippen LogP contribution is 2.37. The molecule has 1 aromatic carbocycles. The summed E-state index contributed by atoms with van der Waals surface area (Å²) in [6, 6.07) is 5.69. The van der Waals surface area contributed by atoms with Crippen molar-refractivity contribution >= 4 is 23.5 Å². The Morgan fingerprint density at radius 1 is 1.24 bits per heavy atom. The fraction of sp³-hybridized carbons (Fsp3) is 0.607. The van der Waals surface area contributed by atoms with E-state index in [1.54, 1.807) is 6.07 Å². The van der Waals surface area contributed by atoms with Gasteiger partial charge in [0.15, 0.2) is 0 Å². The Kier molecular flexibility index (Phi) is 7.98. The van der Waals surface area contributed by atoms with Gasteiger partial charge < -0.3 is 19.9 Å². The van der Waals surface area contributed by atoms with Crippen LogP contribution in [-0.4, -0.2) is 70.1 Å². The Morgan fingerprint density at radius 3 is 2.76 bits per heavy atom. The van der Waals surface area contributed by atoms with E-state index in [1.165, 1.54) is 6.07 Å². The average Bonchev–Trinajstić information content (AvgIpc) is 2.90. The Hall–Kier alpha value is -2.29. The van der Waals surface area contributed by atoms with Crippen LogP contribution in [0.5, 0.6) is 0 Å². The lowest BCUT2D eigenvalue weighted by atomic mass is 9.78. The lowest BCUT2D eigenvalue weighted by Gasteiger charge is -2.43. The van der Waals surface area contributed by atoms with Crippen LogP contribution in [-0.2, 0) is 22.5 Å². The highest BCUT2D eigenvalue weighted by Gasteiger charge is 2.40. The van der Waals surface area contributed by atoms with E-state index >= 15 is 0 Å². The molecule has 3 atom stereocenters. The van der Waals surface area contributed by atoms with Gasteiger partial charge >= 0.3 is 0 Å². The van der Waals surface area contributed by atoms with Crippen molar-refractivity contribution in [2.75, 3.05) is 31.6 Å². The number of halogens is 2. The van der Waals surface area contributed by atoms with E-state index in [4.69, 9.17) is 21.3 Å². The van der Waals surface area contributed by atoms with Gasteiger partial charge in [-0.05, 0) is 76.3 Å².